The van der Waals surface area contributed by atoms with Crippen LogP contribution in [0.5, 0.6) is 0 Å². The van der Waals surface area contributed by atoms with Crippen molar-refractivity contribution in [2.75, 3.05) is 13.1 Å². The average molecular weight is 285 g/mol. The molecule has 2 fully saturated rings. The summed E-state index contributed by atoms with van der Waals surface area (Å²) in [6.07, 6.45) is 10.4. The van der Waals surface area contributed by atoms with Crippen molar-refractivity contribution in [3.63, 3.8) is 0 Å². The van der Waals surface area contributed by atoms with Crippen molar-refractivity contribution in [3.8, 4) is 0 Å². The summed E-state index contributed by atoms with van der Waals surface area (Å²) >= 11 is 0. The molecule has 1 heterocycles. The quantitative estimate of drug-likeness (QED) is 0.810. The van der Waals surface area contributed by atoms with Gasteiger partial charge < -0.3 is 14.8 Å². The second-order valence-corrected chi connectivity index (χ2v) is 6.67. The molecule has 0 aromatic heterocycles. The van der Waals surface area contributed by atoms with Crippen LogP contribution >= 0.6 is 0 Å². The first-order valence-electron chi connectivity index (χ1n) is 7.99. The van der Waals surface area contributed by atoms with E-state index >= 15 is 0 Å². The van der Waals surface area contributed by atoms with Crippen molar-refractivity contribution >= 4 is 6.47 Å². The molecular formula is C16H31NO3. The third-order valence-electron chi connectivity index (χ3n) is 3.62. The van der Waals surface area contributed by atoms with Gasteiger partial charge in [0, 0.05) is 0 Å². The number of ether oxygens (including phenoxy) is 2. The minimum absolute atomic E-state index is 0.318. The van der Waals surface area contributed by atoms with E-state index in [1.807, 2.05) is 20.8 Å². The minimum atomic E-state index is -0.318. The molecule has 0 aromatic rings. The highest BCUT2D eigenvalue weighted by atomic mass is 16.5. The fourth-order valence-electron chi connectivity index (χ4n) is 2.55. The molecule has 1 saturated heterocycles. The van der Waals surface area contributed by atoms with Crippen molar-refractivity contribution in [2.45, 2.75) is 83.5 Å². The van der Waals surface area contributed by atoms with Gasteiger partial charge >= 0.3 is 0 Å². The number of carbonyl (C=O) groups excluding carboxylic acids is 1. The summed E-state index contributed by atoms with van der Waals surface area (Å²) in [6.45, 7) is 8.22. The lowest BCUT2D eigenvalue weighted by Gasteiger charge is -2.30. The lowest BCUT2D eigenvalue weighted by molar-refractivity contribution is -0.138. The number of piperidine rings is 1. The average Bonchev–Trinajstić information content (AvgIpc) is 2.40. The van der Waals surface area contributed by atoms with Crippen LogP contribution < -0.4 is 5.32 Å². The van der Waals surface area contributed by atoms with Gasteiger partial charge in [0.25, 0.3) is 6.47 Å². The third-order valence-corrected chi connectivity index (χ3v) is 3.62. The van der Waals surface area contributed by atoms with Crippen molar-refractivity contribution in [1.29, 1.82) is 0 Å². The highest BCUT2D eigenvalue weighted by Gasteiger charge is 2.20. The fraction of sp³-hybridized carbons (Fsp3) is 0.938. The van der Waals surface area contributed by atoms with Gasteiger partial charge in [0.05, 0.1) is 12.2 Å². The van der Waals surface area contributed by atoms with E-state index < -0.39 is 0 Å². The fourth-order valence-corrected chi connectivity index (χ4v) is 2.55. The smallest absolute Gasteiger partial charge is 0.293 e. The summed E-state index contributed by atoms with van der Waals surface area (Å²) in [5.74, 6) is 0. The molecule has 0 bridgehead atoms. The Morgan fingerprint density at radius 1 is 0.950 bits per heavy atom. The van der Waals surface area contributed by atoms with Crippen molar-refractivity contribution in [1.82, 2.24) is 5.32 Å². The van der Waals surface area contributed by atoms with Gasteiger partial charge in [-0.05, 0) is 59.5 Å². The second-order valence-electron chi connectivity index (χ2n) is 6.67. The van der Waals surface area contributed by atoms with E-state index in [-0.39, 0.29) is 5.60 Å². The zero-order valence-corrected chi connectivity index (χ0v) is 13.3. The second kappa shape index (κ2) is 9.35. The number of carbonyl (C=O) groups is 1. The number of rotatable bonds is 3. The molecule has 0 unspecified atom stereocenters. The number of hydrogen-bond donors (Lipinski definition) is 1. The van der Waals surface area contributed by atoms with Crippen molar-refractivity contribution < 1.29 is 14.3 Å². The van der Waals surface area contributed by atoms with E-state index in [4.69, 9.17) is 4.74 Å². The molecule has 118 valence electrons. The highest BCUT2D eigenvalue weighted by Crippen LogP contribution is 2.23. The molecule has 0 radical (unpaired) electrons. The van der Waals surface area contributed by atoms with E-state index in [0.717, 1.165) is 13.1 Å². The van der Waals surface area contributed by atoms with Crippen LogP contribution in [0.2, 0.25) is 0 Å². The summed E-state index contributed by atoms with van der Waals surface area (Å²) in [4.78, 5) is 9.60. The van der Waals surface area contributed by atoms with Gasteiger partial charge in [-0.15, -0.1) is 0 Å². The number of hydrogen-bond acceptors (Lipinski definition) is 4. The number of nitrogens with one attached hydrogen (secondary N) is 1. The Labute approximate surface area is 123 Å². The molecule has 2 rings (SSSR count). The zero-order valence-electron chi connectivity index (χ0n) is 13.3. The molecule has 1 saturated carbocycles. The van der Waals surface area contributed by atoms with Crippen molar-refractivity contribution in [3.05, 3.63) is 0 Å². The molecule has 0 atom stereocenters. The molecule has 4 nitrogen and oxygen atoms in total. The normalized spacial score (nSPS) is 21.8. The Hall–Kier alpha value is -0.610. The Balaban J connectivity index is 0.000000246. The summed E-state index contributed by atoms with van der Waals surface area (Å²) in [7, 11) is 0. The Kier molecular flexibility index (Phi) is 8.15. The SMILES string of the molecule is C1CCC(OC2CCNCC2)CC1.CC(C)(C)OC=O. The van der Waals surface area contributed by atoms with E-state index in [2.05, 4.69) is 10.1 Å². The summed E-state index contributed by atoms with van der Waals surface area (Å²) in [5, 5.41) is 3.37. The standard InChI is InChI=1S/C11H21NO.C5H10O2/c1-2-4-10(5-3-1)13-11-6-8-12-9-7-11;1-5(2,3)7-4-6/h10-12H,1-9H2;4H,1-3H3. The first-order chi connectivity index (χ1) is 9.51. The van der Waals surface area contributed by atoms with Crippen LogP contribution in [0.1, 0.15) is 65.7 Å². The van der Waals surface area contributed by atoms with Crippen LogP contribution in [0.15, 0.2) is 0 Å². The predicted molar refractivity (Wildman–Crippen MR) is 80.8 cm³/mol. The summed E-state index contributed by atoms with van der Waals surface area (Å²) in [5.41, 5.74) is -0.318. The molecule has 0 aromatic carbocycles. The van der Waals surface area contributed by atoms with Crippen LogP contribution in [-0.4, -0.2) is 37.4 Å². The maximum Gasteiger partial charge on any atom is 0.293 e. The van der Waals surface area contributed by atoms with Gasteiger partial charge in [-0.2, -0.15) is 0 Å². The zero-order chi connectivity index (χ0) is 14.8. The molecular weight excluding hydrogens is 254 g/mol. The Bertz CT molecular complexity index is 235. The van der Waals surface area contributed by atoms with Gasteiger partial charge in [0.1, 0.15) is 5.60 Å². The van der Waals surface area contributed by atoms with E-state index in [1.165, 1.54) is 44.9 Å². The molecule has 1 aliphatic carbocycles. The van der Waals surface area contributed by atoms with Crippen LogP contribution in [0.25, 0.3) is 0 Å². The first-order valence-corrected chi connectivity index (χ1v) is 7.99. The van der Waals surface area contributed by atoms with E-state index in [0.29, 0.717) is 18.7 Å². The Morgan fingerprint density at radius 2 is 1.50 bits per heavy atom. The van der Waals surface area contributed by atoms with Gasteiger partial charge in [-0.3, -0.25) is 4.79 Å². The molecule has 1 N–H and O–H groups in total. The molecule has 0 amide bonds. The topological polar surface area (TPSA) is 47.6 Å². The molecule has 4 heteroatoms. The largest absolute Gasteiger partial charge is 0.462 e. The molecule has 1 aliphatic heterocycles. The summed E-state index contributed by atoms with van der Waals surface area (Å²) in [6, 6.07) is 0. The molecule has 2 aliphatic rings. The highest BCUT2D eigenvalue weighted by molar-refractivity contribution is 5.37. The maximum absolute atomic E-state index is 9.60. The van der Waals surface area contributed by atoms with E-state index in [9.17, 15) is 4.79 Å². The monoisotopic (exact) mass is 285 g/mol. The lowest BCUT2D eigenvalue weighted by atomic mass is 9.97. The van der Waals surface area contributed by atoms with Crippen LogP contribution in [0.3, 0.4) is 0 Å². The maximum atomic E-state index is 9.60. The Morgan fingerprint density at radius 3 is 1.95 bits per heavy atom. The van der Waals surface area contributed by atoms with Crippen molar-refractivity contribution in [2.24, 2.45) is 0 Å². The van der Waals surface area contributed by atoms with Gasteiger partial charge in [0.15, 0.2) is 0 Å². The third kappa shape index (κ3) is 8.54. The molecule has 20 heavy (non-hydrogen) atoms. The van der Waals surface area contributed by atoms with Gasteiger partial charge in [-0.1, -0.05) is 19.3 Å². The predicted octanol–water partition coefficient (Wildman–Crippen LogP) is 3.05. The van der Waals surface area contributed by atoms with Crippen LogP contribution in [0.4, 0.5) is 0 Å². The lowest BCUT2D eigenvalue weighted by Crippen LogP contribution is -2.35. The van der Waals surface area contributed by atoms with E-state index in [1.54, 1.807) is 0 Å². The first kappa shape index (κ1) is 17.4. The van der Waals surface area contributed by atoms with Crippen LogP contribution in [0, 0.1) is 0 Å². The van der Waals surface area contributed by atoms with Gasteiger partial charge in [0.2, 0.25) is 0 Å². The van der Waals surface area contributed by atoms with Crippen LogP contribution in [-0.2, 0) is 14.3 Å². The van der Waals surface area contributed by atoms with Gasteiger partial charge in [-0.25, -0.2) is 0 Å². The summed E-state index contributed by atoms with van der Waals surface area (Å²) < 4.78 is 10.6. The molecule has 0 spiro atoms. The minimum Gasteiger partial charge on any atom is -0.462 e.